The van der Waals surface area contributed by atoms with E-state index in [1.165, 1.54) is 32.4 Å². The zero-order chi connectivity index (χ0) is 9.80. The maximum atomic E-state index is 5.63. The van der Waals surface area contributed by atoms with Gasteiger partial charge < -0.3 is 4.90 Å². The van der Waals surface area contributed by atoms with Crippen LogP contribution in [0.3, 0.4) is 0 Å². The highest BCUT2D eigenvalue weighted by molar-refractivity contribution is 6.28. The molecule has 0 atom stereocenters. The van der Waals surface area contributed by atoms with Crippen molar-refractivity contribution in [2.45, 2.75) is 25.8 Å². The van der Waals surface area contributed by atoms with E-state index >= 15 is 0 Å². The Morgan fingerprint density at radius 2 is 2.00 bits per heavy atom. The first-order valence-corrected chi connectivity index (χ1v) is 5.50. The summed E-state index contributed by atoms with van der Waals surface area (Å²) in [5.74, 6) is 0. The van der Waals surface area contributed by atoms with Gasteiger partial charge in [0.15, 0.2) is 0 Å². The van der Waals surface area contributed by atoms with E-state index in [0.29, 0.717) is 5.28 Å². The minimum absolute atomic E-state index is 0.337. The van der Waals surface area contributed by atoms with Gasteiger partial charge in [-0.05, 0) is 37.5 Å². The molecule has 0 unspecified atom stereocenters. The van der Waals surface area contributed by atoms with Crippen molar-refractivity contribution in [2.75, 3.05) is 19.6 Å². The molecule has 1 aliphatic rings. The van der Waals surface area contributed by atoms with Crippen molar-refractivity contribution in [3.8, 4) is 0 Å². The molecule has 0 bridgehead atoms. The predicted molar refractivity (Wildman–Crippen MR) is 55.3 cm³/mol. The van der Waals surface area contributed by atoms with Crippen LogP contribution in [0.2, 0.25) is 5.28 Å². The molecule has 1 saturated heterocycles. The molecule has 0 radical (unpaired) electrons. The van der Waals surface area contributed by atoms with Gasteiger partial charge in [0.1, 0.15) is 6.33 Å². The lowest BCUT2D eigenvalue weighted by atomic mass is 10.1. The van der Waals surface area contributed by atoms with Crippen LogP contribution >= 0.6 is 11.6 Å². The third-order valence-corrected chi connectivity index (χ3v) is 2.78. The molecule has 0 aromatic carbocycles. The van der Waals surface area contributed by atoms with Gasteiger partial charge in [0.05, 0.1) is 6.54 Å². The summed E-state index contributed by atoms with van der Waals surface area (Å²) in [6, 6.07) is 0. The second kappa shape index (κ2) is 4.75. The average molecular weight is 215 g/mol. The minimum atomic E-state index is 0.337. The maximum absolute atomic E-state index is 5.63. The molecule has 5 heteroatoms. The third-order valence-electron chi connectivity index (χ3n) is 2.60. The monoisotopic (exact) mass is 214 g/mol. The summed E-state index contributed by atoms with van der Waals surface area (Å²) in [5, 5.41) is 4.38. The van der Waals surface area contributed by atoms with Crippen molar-refractivity contribution in [1.29, 1.82) is 0 Å². The topological polar surface area (TPSA) is 34.0 Å². The van der Waals surface area contributed by atoms with Gasteiger partial charge in [-0.25, -0.2) is 4.98 Å². The van der Waals surface area contributed by atoms with Crippen molar-refractivity contribution in [3.05, 3.63) is 11.6 Å². The van der Waals surface area contributed by atoms with E-state index in [4.69, 9.17) is 11.6 Å². The number of rotatable bonds is 3. The zero-order valence-electron chi connectivity index (χ0n) is 8.19. The molecule has 0 N–H and O–H groups in total. The molecule has 2 rings (SSSR count). The second-order valence-corrected chi connectivity index (χ2v) is 4.02. The molecule has 1 fully saturated rings. The van der Waals surface area contributed by atoms with Crippen LogP contribution in [-0.4, -0.2) is 39.3 Å². The molecule has 14 heavy (non-hydrogen) atoms. The fraction of sp³-hybridized carbons (Fsp3) is 0.778. The molecule has 78 valence electrons. The van der Waals surface area contributed by atoms with E-state index in [1.807, 2.05) is 0 Å². The van der Waals surface area contributed by atoms with E-state index in [0.717, 1.165) is 13.1 Å². The second-order valence-electron chi connectivity index (χ2n) is 3.68. The van der Waals surface area contributed by atoms with Crippen LogP contribution < -0.4 is 0 Å². The molecular weight excluding hydrogens is 200 g/mol. The van der Waals surface area contributed by atoms with Crippen LogP contribution in [0.15, 0.2) is 6.33 Å². The summed E-state index contributed by atoms with van der Waals surface area (Å²) >= 11 is 5.63. The Labute approximate surface area is 88.9 Å². The standard InChI is InChI=1S/C9H15ClN4/c10-9-11-8-14(12-9)7-6-13-4-2-1-3-5-13/h8H,1-7H2. The Hall–Kier alpha value is -0.610. The van der Waals surface area contributed by atoms with Crippen LogP contribution in [0.5, 0.6) is 0 Å². The normalized spacial score (nSPS) is 18.6. The van der Waals surface area contributed by atoms with Crippen LogP contribution in [0, 0.1) is 0 Å². The molecular formula is C9H15ClN4. The van der Waals surface area contributed by atoms with Gasteiger partial charge in [0.25, 0.3) is 0 Å². The largest absolute Gasteiger partial charge is 0.301 e. The van der Waals surface area contributed by atoms with E-state index in [1.54, 1.807) is 11.0 Å². The zero-order valence-corrected chi connectivity index (χ0v) is 8.95. The van der Waals surface area contributed by atoms with Crippen LogP contribution in [0.4, 0.5) is 0 Å². The van der Waals surface area contributed by atoms with E-state index < -0.39 is 0 Å². The summed E-state index contributed by atoms with van der Waals surface area (Å²) in [5.41, 5.74) is 0. The Bertz CT molecular complexity index is 280. The molecule has 4 nitrogen and oxygen atoms in total. The van der Waals surface area contributed by atoms with Crippen molar-refractivity contribution in [2.24, 2.45) is 0 Å². The summed E-state index contributed by atoms with van der Waals surface area (Å²) in [4.78, 5) is 6.35. The van der Waals surface area contributed by atoms with Gasteiger partial charge in [-0.3, -0.25) is 4.68 Å². The van der Waals surface area contributed by atoms with E-state index in [2.05, 4.69) is 15.0 Å². The van der Waals surface area contributed by atoms with Crippen LogP contribution in [-0.2, 0) is 6.54 Å². The Kier molecular flexibility index (Phi) is 3.37. The molecule has 1 aromatic heterocycles. The molecule has 0 saturated carbocycles. The Balaban J connectivity index is 1.76. The lowest BCUT2D eigenvalue weighted by molar-refractivity contribution is 0.218. The highest BCUT2D eigenvalue weighted by atomic mass is 35.5. The quantitative estimate of drug-likeness (QED) is 0.763. The van der Waals surface area contributed by atoms with Gasteiger partial charge in [0.2, 0.25) is 5.28 Å². The molecule has 0 amide bonds. The van der Waals surface area contributed by atoms with Crippen molar-refractivity contribution < 1.29 is 0 Å². The van der Waals surface area contributed by atoms with Gasteiger partial charge >= 0.3 is 0 Å². The molecule has 1 aromatic rings. The number of likely N-dealkylation sites (tertiary alicyclic amines) is 1. The van der Waals surface area contributed by atoms with Gasteiger partial charge in [-0.2, -0.15) is 0 Å². The van der Waals surface area contributed by atoms with Crippen molar-refractivity contribution in [1.82, 2.24) is 19.7 Å². The number of aromatic nitrogens is 3. The smallest absolute Gasteiger partial charge is 0.242 e. The highest BCUT2D eigenvalue weighted by Crippen LogP contribution is 2.08. The highest BCUT2D eigenvalue weighted by Gasteiger charge is 2.09. The first-order chi connectivity index (χ1) is 6.84. The van der Waals surface area contributed by atoms with E-state index in [-0.39, 0.29) is 0 Å². The average Bonchev–Trinajstić information content (AvgIpc) is 2.63. The van der Waals surface area contributed by atoms with E-state index in [9.17, 15) is 0 Å². The lowest BCUT2D eigenvalue weighted by Crippen LogP contribution is -2.32. The van der Waals surface area contributed by atoms with Crippen molar-refractivity contribution >= 4 is 11.6 Å². The first-order valence-electron chi connectivity index (χ1n) is 5.12. The lowest BCUT2D eigenvalue weighted by Gasteiger charge is -2.25. The Morgan fingerprint density at radius 1 is 1.21 bits per heavy atom. The first kappa shape index (κ1) is 9.93. The SMILES string of the molecule is Clc1ncn(CCN2CCCCC2)n1. The van der Waals surface area contributed by atoms with Crippen molar-refractivity contribution in [3.63, 3.8) is 0 Å². The fourth-order valence-electron chi connectivity index (χ4n) is 1.81. The summed E-state index contributed by atoms with van der Waals surface area (Å²) in [6.45, 7) is 4.39. The van der Waals surface area contributed by atoms with Gasteiger partial charge in [-0.15, -0.1) is 5.10 Å². The minimum Gasteiger partial charge on any atom is -0.301 e. The number of hydrogen-bond acceptors (Lipinski definition) is 3. The molecule has 0 spiro atoms. The van der Waals surface area contributed by atoms with Gasteiger partial charge in [0, 0.05) is 6.54 Å². The summed E-state index contributed by atoms with van der Waals surface area (Å²) in [6.07, 6.45) is 5.73. The number of hydrogen-bond donors (Lipinski definition) is 0. The number of piperidine rings is 1. The number of nitrogens with zero attached hydrogens (tertiary/aromatic N) is 4. The maximum Gasteiger partial charge on any atom is 0.242 e. The molecule has 2 heterocycles. The Morgan fingerprint density at radius 3 is 2.64 bits per heavy atom. The fourth-order valence-corrected chi connectivity index (χ4v) is 1.95. The predicted octanol–water partition coefficient (Wildman–Crippen LogP) is 1.42. The molecule has 0 aliphatic carbocycles. The number of halogens is 1. The molecule has 1 aliphatic heterocycles. The third kappa shape index (κ3) is 2.69. The van der Waals surface area contributed by atoms with Gasteiger partial charge in [-0.1, -0.05) is 6.42 Å². The summed E-state index contributed by atoms with van der Waals surface area (Å²) < 4.78 is 1.80. The summed E-state index contributed by atoms with van der Waals surface area (Å²) in [7, 11) is 0. The van der Waals surface area contributed by atoms with Crippen LogP contribution in [0.1, 0.15) is 19.3 Å². The van der Waals surface area contributed by atoms with Crippen LogP contribution in [0.25, 0.3) is 0 Å².